The number of amides is 3. The van der Waals surface area contributed by atoms with Crippen LogP contribution in [0, 0.1) is 5.92 Å². The molecular formula is C19H22N2O5. The van der Waals surface area contributed by atoms with Crippen molar-refractivity contribution in [1.82, 2.24) is 10.2 Å². The van der Waals surface area contributed by atoms with Crippen LogP contribution in [-0.2, 0) is 14.3 Å². The van der Waals surface area contributed by atoms with E-state index in [2.05, 4.69) is 5.32 Å². The van der Waals surface area contributed by atoms with Gasteiger partial charge in [-0.15, -0.1) is 0 Å². The minimum Gasteiger partial charge on any atom is -0.454 e. The highest BCUT2D eigenvalue weighted by atomic mass is 16.5. The van der Waals surface area contributed by atoms with E-state index in [1.165, 1.54) is 0 Å². The summed E-state index contributed by atoms with van der Waals surface area (Å²) in [4.78, 5) is 50.6. The number of hydrogen-bond acceptors (Lipinski definition) is 5. The summed E-state index contributed by atoms with van der Waals surface area (Å²) in [5.74, 6) is -2.06. The minimum atomic E-state index is -1.05. The Hall–Kier alpha value is -2.70. The summed E-state index contributed by atoms with van der Waals surface area (Å²) in [5, 5.41) is 2.73. The molecule has 1 aliphatic carbocycles. The van der Waals surface area contributed by atoms with E-state index >= 15 is 0 Å². The number of nitrogens with one attached hydrogen (secondary N) is 1. The summed E-state index contributed by atoms with van der Waals surface area (Å²) in [6.45, 7) is 3.36. The zero-order valence-electron chi connectivity index (χ0n) is 14.9. The van der Waals surface area contributed by atoms with Gasteiger partial charge in [0.2, 0.25) is 0 Å². The summed E-state index contributed by atoms with van der Waals surface area (Å²) in [6.07, 6.45) is 2.14. The van der Waals surface area contributed by atoms with E-state index in [-0.39, 0.29) is 35.4 Å². The molecule has 138 valence electrons. The second kappa shape index (κ2) is 7.27. The maximum atomic E-state index is 12.6. The van der Waals surface area contributed by atoms with Crippen molar-refractivity contribution in [2.75, 3.05) is 6.61 Å². The Balaban J connectivity index is 1.73. The van der Waals surface area contributed by atoms with Crippen molar-refractivity contribution in [3.8, 4) is 0 Å². The number of fused-ring (bicyclic) bond motifs is 1. The highest BCUT2D eigenvalue weighted by Gasteiger charge is 2.43. The van der Waals surface area contributed by atoms with Crippen molar-refractivity contribution in [2.45, 2.75) is 45.2 Å². The average Bonchev–Trinajstić information content (AvgIpc) is 3.38. The number of carbonyl (C=O) groups is 4. The van der Waals surface area contributed by atoms with Gasteiger partial charge in [-0.3, -0.25) is 19.3 Å². The molecule has 0 saturated heterocycles. The molecule has 0 aromatic heterocycles. The fraction of sp³-hybridized carbons (Fsp3) is 0.474. The van der Waals surface area contributed by atoms with Crippen LogP contribution >= 0.6 is 0 Å². The van der Waals surface area contributed by atoms with Crippen molar-refractivity contribution in [3.63, 3.8) is 0 Å². The molecule has 1 aliphatic heterocycles. The van der Waals surface area contributed by atoms with Gasteiger partial charge >= 0.3 is 5.97 Å². The molecule has 1 heterocycles. The highest BCUT2D eigenvalue weighted by molar-refractivity contribution is 6.22. The quantitative estimate of drug-likeness (QED) is 0.589. The number of esters is 1. The molecule has 0 radical (unpaired) electrons. The lowest BCUT2D eigenvalue weighted by Crippen LogP contribution is -2.47. The third-order valence-corrected chi connectivity index (χ3v) is 4.39. The number of nitrogens with zero attached hydrogens (tertiary/aromatic N) is 1. The first-order valence-electron chi connectivity index (χ1n) is 8.81. The number of imide groups is 1. The van der Waals surface area contributed by atoms with Gasteiger partial charge in [-0.2, -0.15) is 0 Å². The lowest BCUT2D eigenvalue weighted by atomic mass is 10.0. The zero-order chi connectivity index (χ0) is 18.8. The highest BCUT2D eigenvalue weighted by Crippen LogP contribution is 2.27. The van der Waals surface area contributed by atoms with Crippen LogP contribution in [0.5, 0.6) is 0 Å². The second-order valence-corrected chi connectivity index (χ2v) is 7.12. The summed E-state index contributed by atoms with van der Waals surface area (Å²) < 4.78 is 5.11. The van der Waals surface area contributed by atoms with Crippen LogP contribution in [0.2, 0.25) is 0 Å². The Labute approximate surface area is 151 Å². The lowest BCUT2D eigenvalue weighted by Gasteiger charge is -2.25. The molecule has 1 aromatic rings. The number of benzene rings is 1. The van der Waals surface area contributed by atoms with Gasteiger partial charge in [0.25, 0.3) is 17.7 Å². The van der Waals surface area contributed by atoms with Crippen LogP contribution in [0.1, 0.15) is 53.8 Å². The molecular weight excluding hydrogens is 336 g/mol. The number of hydrogen-bond donors (Lipinski definition) is 1. The van der Waals surface area contributed by atoms with Crippen molar-refractivity contribution in [1.29, 1.82) is 0 Å². The topological polar surface area (TPSA) is 92.8 Å². The molecule has 3 amide bonds. The fourth-order valence-electron chi connectivity index (χ4n) is 2.97. The van der Waals surface area contributed by atoms with Gasteiger partial charge in [0.05, 0.1) is 11.1 Å². The summed E-state index contributed by atoms with van der Waals surface area (Å²) in [7, 11) is 0. The Morgan fingerprint density at radius 1 is 1.15 bits per heavy atom. The number of rotatable bonds is 7. The molecule has 1 unspecified atom stereocenters. The molecule has 7 nitrogen and oxygen atoms in total. The van der Waals surface area contributed by atoms with E-state index in [4.69, 9.17) is 4.74 Å². The zero-order valence-corrected chi connectivity index (χ0v) is 14.9. The first-order chi connectivity index (χ1) is 12.4. The lowest BCUT2D eigenvalue weighted by molar-refractivity contribution is -0.152. The van der Waals surface area contributed by atoms with Gasteiger partial charge in [-0.25, -0.2) is 4.79 Å². The average molecular weight is 358 g/mol. The molecule has 2 aliphatic rings. The molecule has 1 fully saturated rings. The molecule has 1 N–H and O–H groups in total. The van der Waals surface area contributed by atoms with E-state index in [1.54, 1.807) is 24.3 Å². The van der Waals surface area contributed by atoms with E-state index in [0.29, 0.717) is 0 Å². The van der Waals surface area contributed by atoms with Gasteiger partial charge in [0, 0.05) is 6.04 Å². The molecule has 0 bridgehead atoms. The minimum absolute atomic E-state index is 0.0529. The predicted molar refractivity (Wildman–Crippen MR) is 92.3 cm³/mol. The summed E-state index contributed by atoms with van der Waals surface area (Å²) in [6, 6.07) is 5.60. The Kier molecular flexibility index (Phi) is 5.06. The van der Waals surface area contributed by atoms with Gasteiger partial charge < -0.3 is 10.1 Å². The third-order valence-electron chi connectivity index (χ3n) is 4.39. The standard InChI is InChI=1S/C19H22N2O5/c1-11(2)9-15(19(25)26-10-16(22)20-12-7-8-12)21-17(23)13-5-3-4-6-14(13)18(21)24/h3-6,11-12,15H,7-10H2,1-2H3,(H,20,22). The summed E-state index contributed by atoms with van der Waals surface area (Å²) >= 11 is 0. The van der Waals surface area contributed by atoms with Crippen molar-refractivity contribution in [3.05, 3.63) is 35.4 Å². The van der Waals surface area contributed by atoms with Gasteiger partial charge in [-0.05, 0) is 37.3 Å². The van der Waals surface area contributed by atoms with Crippen molar-refractivity contribution >= 4 is 23.7 Å². The van der Waals surface area contributed by atoms with Crippen LogP contribution in [0.25, 0.3) is 0 Å². The van der Waals surface area contributed by atoms with Crippen LogP contribution in [0.3, 0.4) is 0 Å². The van der Waals surface area contributed by atoms with E-state index in [1.807, 2.05) is 13.8 Å². The monoisotopic (exact) mass is 358 g/mol. The molecule has 1 atom stereocenters. The maximum absolute atomic E-state index is 12.6. The maximum Gasteiger partial charge on any atom is 0.329 e. The normalized spacial score (nSPS) is 17.3. The third kappa shape index (κ3) is 3.76. The van der Waals surface area contributed by atoms with Crippen LogP contribution in [0.4, 0.5) is 0 Å². The first-order valence-corrected chi connectivity index (χ1v) is 8.81. The van der Waals surface area contributed by atoms with Gasteiger partial charge in [-0.1, -0.05) is 26.0 Å². The molecule has 3 rings (SSSR count). The Bertz CT molecular complexity index is 719. The van der Waals surface area contributed by atoms with Gasteiger partial charge in [0.15, 0.2) is 6.61 Å². The number of ether oxygens (including phenoxy) is 1. The van der Waals surface area contributed by atoms with Crippen LogP contribution in [0.15, 0.2) is 24.3 Å². The molecule has 7 heteroatoms. The SMILES string of the molecule is CC(C)CC(C(=O)OCC(=O)NC1CC1)N1C(=O)c2ccccc2C1=O. The van der Waals surface area contributed by atoms with Crippen molar-refractivity contribution < 1.29 is 23.9 Å². The first kappa shape index (κ1) is 18.1. The fourth-order valence-corrected chi connectivity index (χ4v) is 2.97. The predicted octanol–water partition coefficient (Wildman–Crippen LogP) is 1.52. The largest absolute Gasteiger partial charge is 0.454 e. The molecule has 26 heavy (non-hydrogen) atoms. The Morgan fingerprint density at radius 2 is 1.73 bits per heavy atom. The van der Waals surface area contributed by atoms with E-state index in [0.717, 1.165) is 17.7 Å². The molecule has 1 saturated carbocycles. The number of carbonyl (C=O) groups excluding carboxylic acids is 4. The second-order valence-electron chi connectivity index (χ2n) is 7.12. The van der Waals surface area contributed by atoms with Crippen molar-refractivity contribution in [2.24, 2.45) is 5.92 Å². The molecule has 0 spiro atoms. The van der Waals surface area contributed by atoms with Gasteiger partial charge in [0.1, 0.15) is 6.04 Å². The van der Waals surface area contributed by atoms with E-state index in [9.17, 15) is 19.2 Å². The summed E-state index contributed by atoms with van der Waals surface area (Å²) in [5.41, 5.74) is 0.566. The molecule has 1 aromatic carbocycles. The Morgan fingerprint density at radius 3 is 2.23 bits per heavy atom. The van der Waals surface area contributed by atoms with Crippen LogP contribution < -0.4 is 5.32 Å². The van der Waals surface area contributed by atoms with Crippen LogP contribution in [-0.4, -0.2) is 47.3 Å². The van der Waals surface area contributed by atoms with E-state index < -0.39 is 30.4 Å². The smallest absolute Gasteiger partial charge is 0.329 e.